The average Bonchev–Trinajstić information content (AvgIpc) is 2.77. The van der Waals surface area contributed by atoms with Gasteiger partial charge in [0, 0.05) is 13.2 Å². The fourth-order valence-corrected chi connectivity index (χ4v) is 3.26. The molecule has 0 N–H and O–H groups in total. The van der Waals surface area contributed by atoms with E-state index in [4.69, 9.17) is 1.37 Å². The fourth-order valence-electron chi connectivity index (χ4n) is 3.26. The summed E-state index contributed by atoms with van der Waals surface area (Å²) in [6.45, 7) is 0. The van der Waals surface area contributed by atoms with Crippen molar-refractivity contribution in [2.24, 2.45) is 17.3 Å². The molecule has 1 nitrogen and oxygen atoms in total. The van der Waals surface area contributed by atoms with Crippen LogP contribution in [0.15, 0.2) is 12.2 Å². The maximum Gasteiger partial charge on any atom is 0.139 e. The van der Waals surface area contributed by atoms with Crippen LogP contribution in [0, 0.1) is 17.3 Å². The zero-order chi connectivity index (χ0) is 9.05. The Bertz CT molecular complexity index is 296. The molecule has 4 atom stereocenters. The van der Waals surface area contributed by atoms with Gasteiger partial charge < -0.3 is 0 Å². The lowest BCUT2D eigenvalue weighted by Crippen LogP contribution is -2.29. The zero-order valence-electron chi connectivity index (χ0n) is 8.12. The molecule has 0 aromatic rings. The van der Waals surface area contributed by atoms with E-state index in [1.165, 1.54) is 0 Å². The first-order valence-corrected chi connectivity index (χ1v) is 4.87. The molecule has 0 radical (unpaired) electrons. The van der Waals surface area contributed by atoms with Gasteiger partial charge >= 0.3 is 0 Å². The molecule has 3 rings (SSSR count). The van der Waals surface area contributed by atoms with Gasteiger partial charge in [0.1, 0.15) is 5.78 Å². The van der Waals surface area contributed by atoms with E-state index in [2.05, 4.69) is 12.2 Å². The third-order valence-electron chi connectivity index (χ3n) is 3.83. The summed E-state index contributed by atoms with van der Waals surface area (Å²) in [5.74, 6) is 1.40. The van der Waals surface area contributed by atoms with Gasteiger partial charge in [-0.3, -0.25) is 4.79 Å². The highest BCUT2D eigenvalue weighted by Gasteiger charge is 2.54. The van der Waals surface area contributed by atoms with Gasteiger partial charge in [-0.2, -0.15) is 0 Å². The van der Waals surface area contributed by atoms with E-state index < -0.39 is 0 Å². The largest absolute Gasteiger partial charge is 0.299 e. The molecule has 3 aliphatic rings. The summed E-state index contributed by atoms with van der Waals surface area (Å²) in [5.41, 5.74) is -0.237. The van der Waals surface area contributed by atoms with E-state index in [9.17, 15) is 4.79 Å². The maximum absolute atomic E-state index is 11.8. The van der Waals surface area contributed by atoms with Gasteiger partial charge in [0.2, 0.25) is 0 Å². The minimum absolute atomic E-state index is 0.111. The average molecular weight is 163 g/mol. The minimum atomic E-state index is -0.237. The van der Waals surface area contributed by atoms with Crippen molar-refractivity contribution in [2.75, 3.05) is 0 Å². The number of fused-ring (bicyclic) bond motifs is 3. The lowest BCUT2D eigenvalue weighted by atomic mass is 9.74. The van der Waals surface area contributed by atoms with Crippen molar-refractivity contribution in [3.8, 4) is 0 Å². The molecule has 2 fully saturated rings. The number of rotatable bonds is 0. The normalized spacial score (nSPS) is 57.2. The molecule has 0 heterocycles. The summed E-state index contributed by atoms with van der Waals surface area (Å²) >= 11 is 0. The maximum atomic E-state index is 11.8. The number of carbonyl (C=O) groups excluding carboxylic acids is 1. The van der Waals surface area contributed by atoms with E-state index in [1.807, 2.05) is 0 Å². The molecular weight excluding hydrogens is 148 g/mol. The van der Waals surface area contributed by atoms with Gasteiger partial charge in [0.15, 0.2) is 0 Å². The molecule has 1 spiro atoms. The van der Waals surface area contributed by atoms with Gasteiger partial charge in [0.05, 0.1) is 0 Å². The van der Waals surface area contributed by atoms with Crippen LogP contribution in [0.25, 0.3) is 0 Å². The Morgan fingerprint density at radius 3 is 3.00 bits per heavy atom. The van der Waals surface area contributed by atoms with Crippen molar-refractivity contribution in [3.63, 3.8) is 0 Å². The van der Waals surface area contributed by atoms with Crippen molar-refractivity contribution < 1.29 is 6.17 Å². The highest BCUT2D eigenvalue weighted by atomic mass is 16.1. The molecule has 0 amide bonds. The first-order valence-electron chi connectivity index (χ1n) is 5.45. The van der Waals surface area contributed by atoms with Gasteiger partial charge in [0.25, 0.3) is 0 Å². The Kier molecular flexibility index (Phi) is 0.998. The van der Waals surface area contributed by atoms with Crippen molar-refractivity contribution in [1.29, 1.82) is 0 Å². The number of hydrogen-bond donors (Lipinski definition) is 0. The quantitative estimate of drug-likeness (QED) is 0.501. The van der Waals surface area contributed by atoms with Crippen LogP contribution in [-0.2, 0) is 4.79 Å². The first-order chi connectivity index (χ1) is 6.23. The van der Waals surface area contributed by atoms with Gasteiger partial charge in [-0.15, -0.1) is 0 Å². The summed E-state index contributed by atoms with van der Waals surface area (Å²) in [7, 11) is 0. The molecule has 4 unspecified atom stereocenters. The summed E-state index contributed by atoms with van der Waals surface area (Å²) < 4.78 is 8.01. The monoisotopic (exact) mass is 163 g/mol. The van der Waals surface area contributed by atoms with E-state index >= 15 is 0 Å². The summed E-state index contributed by atoms with van der Waals surface area (Å²) in [4.78, 5) is 11.8. The second-order valence-electron chi connectivity index (χ2n) is 4.40. The van der Waals surface area contributed by atoms with Crippen LogP contribution < -0.4 is 0 Å². The van der Waals surface area contributed by atoms with Crippen LogP contribution in [0.5, 0.6) is 0 Å². The zero-order valence-corrected chi connectivity index (χ0v) is 7.12. The Morgan fingerprint density at radius 1 is 1.58 bits per heavy atom. The number of Topliss-reactive ketones (excluding diaryl/α,β-unsaturated/α-hetero) is 1. The summed E-state index contributed by atoms with van der Waals surface area (Å²) in [6, 6.07) is 0. The lowest BCUT2D eigenvalue weighted by Gasteiger charge is -2.28. The minimum Gasteiger partial charge on any atom is -0.299 e. The Labute approximate surface area is 74.2 Å². The molecule has 0 aliphatic heterocycles. The summed E-state index contributed by atoms with van der Waals surface area (Å²) in [6.07, 6.45) is 7.90. The fraction of sp³-hybridized carbons (Fsp3) is 0.727. The molecule has 1 heteroatoms. The van der Waals surface area contributed by atoms with Crippen LogP contribution in [-0.4, -0.2) is 5.78 Å². The number of hydrogen-bond acceptors (Lipinski definition) is 1. The summed E-state index contributed by atoms with van der Waals surface area (Å²) in [5, 5.41) is 0. The highest BCUT2D eigenvalue weighted by Crippen LogP contribution is 2.58. The van der Waals surface area contributed by atoms with E-state index in [-0.39, 0.29) is 11.8 Å². The molecule has 0 saturated heterocycles. The lowest BCUT2D eigenvalue weighted by molar-refractivity contribution is -0.127. The highest BCUT2D eigenvalue weighted by molar-refractivity contribution is 5.88. The molecular formula is C11H14O. The molecule has 2 bridgehead atoms. The molecule has 2 saturated carbocycles. The molecule has 3 aliphatic carbocycles. The van der Waals surface area contributed by atoms with Crippen molar-refractivity contribution in [3.05, 3.63) is 12.2 Å². The third kappa shape index (κ3) is 0.634. The second kappa shape index (κ2) is 2.01. The topological polar surface area (TPSA) is 17.1 Å². The SMILES string of the molecule is [2H]C1CCC(=O)C12CC1C=CC2C1. The van der Waals surface area contributed by atoms with Gasteiger partial charge in [-0.05, 0) is 37.5 Å². The standard InChI is InChI=1S/C11H14O/c12-10-2-1-5-11(10)7-8-3-4-9(11)6-8/h3-4,8-9H,1-2,5-7H2/i5D. The number of carbonyl (C=O) groups is 1. The van der Waals surface area contributed by atoms with Crippen LogP contribution in [0.1, 0.15) is 33.5 Å². The smallest absolute Gasteiger partial charge is 0.139 e. The van der Waals surface area contributed by atoms with Crippen molar-refractivity contribution in [2.45, 2.75) is 32.1 Å². The molecule has 0 aromatic carbocycles. The van der Waals surface area contributed by atoms with Crippen molar-refractivity contribution in [1.82, 2.24) is 0 Å². The number of allylic oxidation sites excluding steroid dienone is 2. The van der Waals surface area contributed by atoms with Crippen LogP contribution in [0.3, 0.4) is 0 Å². The van der Waals surface area contributed by atoms with E-state index in [0.29, 0.717) is 24.0 Å². The van der Waals surface area contributed by atoms with Crippen LogP contribution >= 0.6 is 0 Å². The van der Waals surface area contributed by atoms with E-state index in [1.54, 1.807) is 0 Å². The number of ketones is 1. The first kappa shape index (κ1) is 5.95. The molecule has 12 heavy (non-hydrogen) atoms. The Hall–Kier alpha value is -0.590. The van der Waals surface area contributed by atoms with Crippen LogP contribution in [0.4, 0.5) is 0 Å². The predicted octanol–water partition coefficient (Wildman–Crippen LogP) is 2.32. The van der Waals surface area contributed by atoms with E-state index in [0.717, 1.165) is 19.3 Å². The van der Waals surface area contributed by atoms with Gasteiger partial charge in [-0.25, -0.2) is 0 Å². The second-order valence-corrected chi connectivity index (χ2v) is 4.40. The van der Waals surface area contributed by atoms with Crippen molar-refractivity contribution >= 4 is 5.78 Å². The Morgan fingerprint density at radius 2 is 2.50 bits per heavy atom. The van der Waals surface area contributed by atoms with Crippen LogP contribution in [0.2, 0.25) is 0 Å². The predicted molar refractivity (Wildman–Crippen MR) is 46.6 cm³/mol. The Balaban J connectivity index is 2.05. The molecule has 0 aromatic heterocycles. The molecule has 64 valence electrons. The third-order valence-corrected chi connectivity index (χ3v) is 3.83. The van der Waals surface area contributed by atoms with Gasteiger partial charge in [-0.1, -0.05) is 12.2 Å².